The highest BCUT2D eigenvalue weighted by molar-refractivity contribution is 6.03. The van der Waals surface area contributed by atoms with Crippen molar-refractivity contribution >= 4 is 28.3 Å². The number of carbonyl (C=O) groups is 1. The SMILES string of the molecule is O=C1CN2c3c(cccc3[C@@H]3CN(CCCc4noc5cnccc45)CCC32)N1. The molecule has 0 spiro atoms. The van der Waals surface area contributed by atoms with Crippen LogP contribution in [0.25, 0.3) is 11.0 Å². The molecule has 1 saturated heterocycles. The van der Waals surface area contributed by atoms with Crippen molar-refractivity contribution in [3.8, 4) is 0 Å². The van der Waals surface area contributed by atoms with E-state index in [9.17, 15) is 4.79 Å². The van der Waals surface area contributed by atoms with E-state index in [0.29, 0.717) is 18.5 Å². The number of aryl methyl sites for hydroxylation is 1. The third-order valence-corrected chi connectivity index (χ3v) is 6.64. The molecule has 0 saturated carbocycles. The summed E-state index contributed by atoms with van der Waals surface area (Å²) in [6.07, 6.45) is 6.58. The van der Waals surface area contributed by atoms with E-state index in [-0.39, 0.29) is 5.91 Å². The van der Waals surface area contributed by atoms with E-state index >= 15 is 0 Å². The maximum absolute atomic E-state index is 12.1. The van der Waals surface area contributed by atoms with Gasteiger partial charge >= 0.3 is 0 Å². The van der Waals surface area contributed by atoms with Gasteiger partial charge in [-0.3, -0.25) is 9.78 Å². The molecule has 6 rings (SSSR count). The fourth-order valence-electron chi connectivity index (χ4n) is 5.37. The second-order valence-electron chi connectivity index (χ2n) is 8.29. The largest absolute Gasteiger partial charge is 0.357 e. The molecule has 148 valence electrons. The molecule has 2 atom stereocenters. The zero-order valence-corrected chi connectivity index (χ0v) is 16.2. The molecule has 0 radical (unpaired) electrons. The number of nitrogens with zero attached hydrogens (tertiary/aromatic N) is 4. The van der Waals surface area contributed by atoms with Gasteiger partial charge in [0.2, 0.25) is 5.91 Å². The predicted molar refractivity (Wildman–Crippen MR) is 110 cm³/mol. The quantitative estimate of drug-likeness (QED) is 0.740. The maximum atomic E-state index is 12.1. The zero-order chi connectivity index (χ0) is 19.4. The molecule has 7 heteroatoms. The van der Waals surface area contributed by atoms with Crippen LogP contribution in [0.2, 0.25) is 0 Å². The summed E-state index contributed by atoms with van der Waals surface area (Å²) in [6, 6.07) is 8.76. The molecule has 3 aliphatic rings. The van der Waals surface area contributed by atoms with E-state index in [4.69, 9.17) is 4.52 Å². The van der Waals surface area contributed by atoms with E-state index < -0.39 is 0 Å². The van der Waals surface area contributed by atoms with Gasteiger partial charge in [0.25, 0.3) is 0 Å². The highest BCUT2D eigenvalue weighted by Gasteiger charge is 2.44. The number of para-hydroxylation sites is 1. The minimum absolute atomic E-state index is 0.104. The number of carbonyl (C=O) groups excluding carboxylic acids is 1. The molecule has 1 fully saturated rings. The summed E-state index contributed by atoms with van der Waals surface area (Å²) in [4.78, 5) is 21.1. The average molecular weight is 389 g/mol. The molecule has 2 aromatic heterocycles. The lowest BCUT2D eigenvalue weighted by atomic mass is 9.89. The Kier molecular flexibility index (Phi) is 3.84. The molecule has 5 heterocycles. The molecule has 3 aliphatic heterocycles. The van der Waals surface area contributed by atoms with Crippen molar-refractivity contribution in [1.82, 2.24) is 15.0 Å². The second kappa shape index (κ2) is 6.56. The minimum atomic E-state index is 0.104. The van der Waals surface area contributed by atoms with Crippen LogP contribution in [0, 0.1) is 0 Å². The number of pyridine rings is 1. The number of piperidine rings is 1. The molecule has 0 aliphatic carbocycles. The van der Waals surface area contributed by atoms with Crippen LogP contribution < -0.4 is 10.2 Å². The minimum Gasteiger partial charge on any atom is -0.357 e. The monoisotopic (exact) mass is 389 g/mol. The van der Waals surface area contributed by atoms with Gasteiger partial charge in [-0.25, -0.2) is 0 Å². The van der Waals surface area contributed by atoms with Gasteiger partial charge in [-0.1, -0.05) is 17.3 Å². The van der Waals surface area contributed by atoms with Gasteiger partial charge in [0.1, 0.15) is 0 Å². The summed E-state index contributed by atoms with van der Waals surface area (Å²) in [5.41, 5.74) is 5.41. The summed E-state index contributed by atoms with van der Waals surface area (Å²) in [7, 11) is 0. The molecule has 1 amide bonds. The standard InChI is InChI=1S/C22H23N5O2/c28-21-13-27-19-7-10-26(12-16(19)14-3-1-4-18(24-21)22(14)27)9-2-5-17-15-6-8-23-11-20(15)29-25-17/h1,3-4,6,8,11,16,19H,2,5,7,9-10,12-13H2,(H,24,28)/t16-,19?/m0/s1. The number of anilines is 2. The molecule has 1 N–H and O–H groups in total. The Hall–Kier alpha value is -2.93. The fourth-order valence-corrected chi connectivity index (χ4v) is 5.37. The van der Waals surface area contributed by atoms with Gasteiger partial charge < -0.3 is 19.6 Å². The van der Waals surface area contributed by atoms with Crippen LogP contribution in [0.5, 0.6) is 0 Å². The van der Waals surface area contributed by atoms with Gasteiger partial charge in [-0.05, 0) is 43.5 Å². The molecular formula is C22H23N5O2. The Morgan fingerprint density at radius 2 is 2.24 bits per heavy atom. The van der Waals surface area contributed by atoms with Crippen molar-refractivity contribution in [2.75, 3.05) is 36.4 Å². The average Bonchev–Trinajstić information content (AvgIpc) is 3.29. The third-order valence-electron chi connectivity index (χ3n) is 6.64. The Balaban J connectivity index is 1.15. The van der Waals surface area contributed by atoms with E-state index in [2.05, 4.69) is 37.4 Å². The first-order valence-corrected chi connectivity index (χ1v) is 10.4. The topological polar surface area (TPSA) is 74.5 Å². The first-order chi connectivity index (χ1) is 14.3. The number of rotatable bonds is 4. The number of hydrogen-bond donors (Lipinski definition) is 1. The smallest absolute Gasteiger partial charge is 0.243 e. The number of hydrogen-bond acceptors (Lipinski definition) is 6. The Morgan fingerprint density at radius 1 is 1.28 bits per heavy atom. The molecule has 29 heavy (non-hydrogen) atoms. The lowest BCUT2D eigenvalue weighted by molar-refractivity contribution is -0.115. The summed E-state index contributed by atoms with van der Waals surface area (Å²) >= 11 is 0. The number of aromatic nitrogens is 2. The number of amides is 1. The first-order valence-electron chi connectivity index (χ1n) is 10.4. The highest BCUT2D eigenvalue weighted by Crippen LogP contribution is 2.49. The molecule has 3 aromatic rings. The second-order valence-corrected chi connectivity index (χ2v) is 8.29. The Labute approximate surface area is 168 Å². The molecule has 0 bridgehead atoms. The summed E-state index contributed by atoms with van der Waals surface area (Å²) in [5, 5.41) is 8.34. The highest BCUT2D eigenvalue weighted by atomic mass is 16.5. The first kappa shape index (κ1) is 17.0. The molecule has 1 unspecified atom stereocenters. The number of fused-ring (bicyclic) bond motifs is 4. The van der Waals surface area contributed by atoms with Crippen LogP contribution in [0.15, 0.2) is 41.2 Å². The van der Waals surface area contributed by atoms with E-state index in [1.807, 2.05) is 12.1 Å². The number of benzene rings is 1. The fraction of sp³-hybridized carbons (Fsp3) is 0.409. The van der Waals surface area contributed by atoms with Crippen LogP contribution in [0.1, 0.15) is 30.0 Å². The van der Waals surface area contributed by atoms with E-state index in [1.54, 1.807) is 12.4 Å². The van der Waals surface area contributed by atoms with Gasteiger partial charge in [0, 0.05) is 36.6 Å². The molecule has 1 aromatic carbocycles. The normalized spacial score (nSPS) is 23.2. The Morgan fingerprint density at radius 3 is 3.21 bits per heavy atom. The number of likely N-dealkylation sites (tertiary alicyclic amines) is 1. The van der Waals surface area contributed by atoms with Crippen molar-refractivity contribution < 1.29 is 9.32 Å². The van der Waals surface area contributed by atoms with Crippen molar-refractivity contribution in [3.63, 3.8) is 0 Å². The van der Waals surface area contributed by atoms with E-state index in [0.717, 1.165) is 61.2 Å². The van der Waals surface area contributed by atoms with Crippen molar-refractivity contribution in [1.29, 1.82) is 0 Å². The lowest BCUT2D eigenvalue weighted by Gasteiger charge is -2.39. The van der Waals surface area contributed by atoms with Gasteiger partial charge in [-0.2, -0.15) is 0 Å². The van der Waals surface area contributed by atoms with E-state index in [1.165, 1.54) is 11.3 Å². The summed E-state index contributed by atoms with van der Waals surface area (Å²) in [6.45, 7) is 3.66. The van der Waals surface area contributed by atoms with Gasteiger partial charge in [0.15, 0.2) is 5.58 Å². The van der Waals surface area contributed by atoms with Gasteiger partial charge in [0.05, 0.1) is 29.8 Å². The van der Waals surface area contributed by atoms with Crippen LogP contribution in [-0.4, -0.2) is 53.2 Å². The van der Waals surface area contributed by atoms with Gasteiger partial charge in [-0.15, -0.1) is 0 Å². The van der Waals surface area contributed by atoms with Crippen LogP contribution in [0.3, 0.4) is 0 Å². The summed E-state index contributed by atoms with van der Waals surface area (Å²) in [5.74, 6) is 0.582. The molecular weight excluding hydrogens is 366 g/mol. The zero-order valence-electron chi connectivity index (χ0n) is 16.2. The maximum Gasteiger partial charge on any atom is 0.243 e. The van der Waals surface area contributed by atoms with Crippen LogP contribution >= 0.6 is 0 Å². The van der Waals surface area contributed by atoms with Crippen LogP contribution in [-0.2, 0) is 11.2 Å². The Bertz CT molecular complexity index is 1090. The van der Waals surface area contributed by atoms with Crippen LogP contribution in [0.4, 0.5) is 11.4 Å². The third kappa shape index (κ3) is 2.72. The number of nitrogens with one attached hydrogen (secondary N) is 1. The summed E-state index contributed by atoms with van der Waals surface area (Å²) < 4.78 is 5.37. The van der Waals surface area contributed by atoms with Crippen molar-refractivity contribution in [2.45, 2.75) is 31.2 Å². The molecule has 7 nitrogen and oxygen atoms in total. The van der Waals surface area contributed by atoms with Crippen molar-refractivity contribution in [2.24, 2.45) is 0 Å². The lowest BCUT2D eigenvalue weighted by Crippen LogP contribution is -2.49. The predicted octanol–water partition coefficient (Wildman–Crippen LogP) is 2.79. The van der Waals surface area contributed by atoms with Crippen molar-refractivity contribution in [3.05, 3.63) is 47.9 Å².